The van der Waals surface area contributed by atoms with E-state index < -0.39 is 0 Å². The Hall–Kier alpha value is -0.160. The second kappa shape index (κ2) is 30.1. The summed E-state index contributed by atoms with van der Waals surface area (Å²) in [7, 11) is 0. The third-order valence-corrected chi connectivity index (χ3v) is 7.04. The molecule has 2 N–H and O–H groups in total. The molecule has 0 aromatic carbocycles. The first-order valence-corrected chi connectivity index (χ1v) is 15.9. The zero-order valence-corrected chi connectivity index (χ0v) is 24.5. The first-order chi connectivity index (χ1) is 17.3. The van der Waals surface area contributed by atoms with Gasteiger partial charge in [0.2, 0.25) is 0 Å². The van der Waals surface area contributed by atoms with Gasteiger partial charge in [0.05, 0.1) is 0 Å². The van der Waals surface area contributed by atoms with E-state index in [4.69, 9.17) is 15.2 Å². The molecule has 35 heavy (non-hydrogen) atoms. The number of rotatable bonds is 30. The van der Waals surface area contributed by atoms with Crippen LogP contribution in [0.1, 0.15) is 156 Å². The first kappa shape index (κ1) is 34.8. The molecular formula is C31H66N2O2. The third kappa shape index (κ3) is 26.7. The molecule has 0 atom stereocenters. The van der Waals surface area contributed by atoms with Gasteiger partial charge in [-0.05, 0) is 51.6 Å². The van der Waals surface area contributed by atoms with Gasteiger partial charge in [-0.3, -0.25) is 0 Å². The Morgan fingerprint density at radius 2 is 0.886 bits per heavy atom. The minimum absolute atomic E-state index is 0.00000543. The van der Waals surface area contributed by atoms with Gasteiger partial charge in [0.15, 0.2) is 6.29 Å². The maximum absolute atomic E-state index is 6.20. The Bertz CT molecular complexity index is 363. The lowest BCUT2D eigenvalue weighted by molar-refractivity contribution is -0.148. The monoisotopic (exact) mass is 499 g/mol. The van der Waals surface area contributed by atoms with E-state index in [1.165, 1.54) is 142 Å². The van der Waals surface area contributed by atoms with Crippen LogP contribution in [-0.4, -0.2) is 50.6 Å². The minimum Gasteiger partial charge on any atom is -0.353 e. The van der Waals surface area contributed by atoms with Crippen LogP contribution in [0.25, 0.3) is 0 Å². The van der Waals surface area contributed by atoms with Crippen molar-refractivity contribution in [2.45, 2.75) is 162 Å². The van der Waals surface area contributed by atoms with Crippen LogP contribution in [0.5, 0.6) is 0 Å². The maximum atomic E-state index is 6.20. The lowest BCUT2D eigenvalue weighted by Gasteiger charge is -2.22. The quantitative estimate of drug-likeness (QED) is 0.0793. The Morgan fingerprint density at radius 3 is 1.34 bits per heavy atom. The van der Waals surface area contributed by atoms with E-state index in [9.17, 15) is 0 Å². The first-order valence-electron chi connectivity index (χ1n) is 15.9. The van der Waals surface area contributed by atoms with E-state index in [1.807, 2.05) is 0 Å². The molecule has 4 nitrogen and oxygen atoms in total. The van der Waals surface area contributed by atoms with Gasteiger partial charge in [0.25, 0.3) is 0 Å². The fourth-order valence-corrected chi connectivity index (χ4v) is 4.69. The van der Waals surface area contributed by atoms with Gasteiger partial charge >= 0.3 is 0 Å². The summed E-state index contributed by atoms with van der Waals surface area (Å²) in [4.78, 5) is 2.58. The number of nitrogens with two attached hydrogens (primary N) is 1. The van der Waals surface area contributed by atoms with Crippen molar-refractivity contribution in [1.82, 2.24) is 4.90 Å². The number of unbranched alkanes of at least 4 members (excludes halogenated alkanes) is 16. The Kier molecular flexibility index (Phi) is 29.9. The fraction of sp³-hybridized carbons (Fsp3) is 1.00. The summed E-state index contributed by atoms with van der Waals surface area (Å²) in [5.41, 5.74) is 5.86. The fourth-order valence-electron chi connectivity index (χ4n) is 4.69. The van der Waals surface area contributed by atoms with E-state index in [0.717, 1.165) is 32.7 Å². The Morgan fingerprint density at radius 1 is 0.486 bits per heavy atom. The Balaban J connectivity index is 4.09. The highest BCUT2D eigenvalue weighted by Gasteiger charge is 2.10. The molecule has 0 heterocycles. The molecule has 0 aromatic heterocycles. The van der Waals surface area contributed by atoms with Gasteiger partial charge in [0, 0.05) is 26.3 Å². The third-order valence-electron chi connectivity index (χ3n) is 7.04. The molecule has 4 heteroatoms. The molecule has 0 unspecified atom stereocenters. The summed E-state index contributed by atoms with van der Waals surface area (Å²) in [6, 6.07) is 0. The summed E-state index contributed by atoms with van der Waals surface area (Å²) >= 11 is 0. The van der Waals surface area contributed by atoms with E-state index in [2.05, 4.69) is 25.7 Å². The second-order valence-electron chi connectivity index (χ2n) is 10.6. The maximum Gasteiger partial charge on any atom is 0.157 e. The molecule has 0 rings (SSSR count). The molecule has 212 valence electrons. The topological polar surface area (TPSA) is 47.7 Å². The molecule has 0 aromatic rings. The minimum atomic E-state index is -0.00000543. The van der Waals surface area contributed by atoms with Crippen LogP contribution >= 0.6 is 0 Å². The zero-order valence-electron chi connectivity index (χ0n) is 24.5. The van der Waals surface area contributed by atoms with Gasteiger partial charge in [-0.1, -0.05) is 117 Å². The summed E-state index contributed by atoms with van der Waals surface area (Å²) in [5.74, 6) is 0. The van der Waals surface area contributed by atoms with E-state index in [1.54, 1.807) is 0 Å². The predicted octanol–water partition coefficient (Wildman–Crippen LogP) is 8.86. The lowest BCUT2D eigenvalue weighted by atomic mass is 10.1. The number of hydrogen-bond donors (Lipinski definition) is 1. The number of ether oxygens (including phenoxy) is 2. The van der Waals surface area contributed by atoms with Gasteiger partial charge in [-0.25, -0.2) is 0 Å². The van der Waals surface area contributed by atoms with Gasteiger partial charge in [-0.15, -0.1) is 0 Å². The number of hydrogen-bond acceptors (Lipinski definition) is 4. The van der Waals surface area contributed by atoms with Crippen molar-refractivity contribution in [3.63, 3.8) is 0 Å². The molecule has 0 amide bonds. The Labute approximate surface area is 221 Å². The van der Waals surface area contributed by atoms with Crippen LogP contribution in [0.3, 0.4) is 0 Å². The molecule has 0 fully saturated rings. The van der Waals surface area contributed by atoms with Crippen LogP contribution in [0.15, 0.2) is 0 Å². The van der Waals surface area contributed by atoms with Crippen LogP contribution in [-0.2, 0) is 9.47 Å². The molecule has 0 aliphatic rings. The summed E-state index contributed by atoms with van der Waals surface area (Å²) in [6.07, 6.45) is 27.2. The molecule has 0 aliphatic heterocycles. The second-order valence-corrected chi connectivity index (χ2v) is 10.6. The van der Waals surface area contributed by atoms with Crippen molar-refractivity contribution in [1.29, 1.82) is 0 Å². The van der Waals surface area contributed by atoms with E-state index in [0.29, 0.717) is 0 Å². The number of nitrogens with zero attached hydrogens (tertiary/aromatic N) is 1. The molecule has 0 saturated heterocycles. The molecule has 0 aliphatic carbocycles. The van der Waals surface area contributed by atoms with Crippen molar-refractivity contribution < 1.29 is 9.47 Å². The van der Waals surface area contributed by atoms with Crippen molar-refractivity contribution in [3.8, 4) is 0 Å². The van der Waals surface area contributed by atoms with Crippen LogP contribution in [0, 0.1) is 0 Å². The van der Waals surface area contributed by atoms with Crippen LogP contribution < -0.4 is 5.73 Å². The predicted molar refractivity (Wildman–Crippen MR) is 155 cm³/mol. The normalized spacial score (nSPS) is 11.8. The summed E-state index contributed by atoms with van der Waals surface area (Å²) < 4.78 is 12.4. The highest BCUT2D eigenvalue weighted by Crippen LogP contribution is 2.13. The standard InChI is InChI=1S/C31H66N2O2/c1-4-7-10-13-16-22-29-34-31(35-30-23-17-14-11-8-5-2)24-19-18-21-27-33(28-25-32)26-20-15-12-9-6-3/h31H,4-30,32H2,1-3H3. The summed E-state index contributed by atoms with van der Waals surface area (Å²) in [5, 5.41) is 0. The van der Waals surface area contributed by atoms with Crippen molar-refractivity contribution in [2.24, 2.45) is 5.73 Å². The largest absolute Gasteiger partial charge is 0.353 e. The van der Waals surface area contributed by atoms with Gasteiger partial charge in [-0.2, -0.15) is 0 Å². The highest BCUT2D eigenvalue weighted by atomic mass is 16.7. The van der Waals surface area contributed by atoms with E-state index in [-0.39, 0.29) is 6.29 Å². The zero-order chi connectivity index (χ0) is 25.7. The van der Waals surface area contributed by atoms with Crippen molar-refractivity contribution in [3.05, 3.63) is 0 Å². The summed E-state index contributed by atoms with van der Waals surface area (Å²) in [6.45, 7) is 12.8. The van der Waals surface area contributed by atoms with Gasteiger partial charge in [0.1, 0.15) is 0 Å². The smallest absolute Gasteiger partial charge is 0.157 e. The van der Waals surface area contributed by atoms with Crippen LogP contribution in [0.2, 0.25) is 0 Å². The van der Waals surface area contributed by atoms with Crippen molar-refractivity contribution >= 4 is 0 Å². The van der Waals surface area contributed by atoms with Gasteiger partial charge < -0.3 is 20.1 Å². The highest BCUT2D eigenvalue weighted by molar-refractivity contribution is 4.60. The van der Waals surface area contributed by atoms with E-state index >= 15 is 0 Å². The molecular weight excluding hydrogens is 432 g/mol. The van der Waals surface area contributed by atoms with Crippen molar-refractivity contribution in [2.75, 3.05) is 39.4 Å². The average molecular weight is 499 g/mol. The molecule has 0 radical (unpaired) electrons. The average Bonchev–Trinajstić information content (AvgIpc) is 2.86. The van der Waals surface area contributed by atoms with Crippen LogP contribution in [0.4, 0.5) is 0 Å². The molecule has 0 spiro atoms. The lowest BCUT2D eigenvalue weighted by Crippen LogP contribution is -2.31. The molecule has 0 saturated carbocycles. The SMILES string of the molecule is CCCCCCCCOC(CCCCCN(CCN)CCCCCCC)OCCCCCCCC. The molecule has 0 bridgehead atoms.